The Kier molecular flexibility index (Phi) is 5.94. The first-order valence-electron chi connectivity index (χ1n) is 7.89. The summed E-state index contributed by atoms with van der Waals surface area (Å²) in [7, 11) is -3.73. The van der Waals surface area contributed by atoms with Gasteiger partial charge in [0.25, 0.3) is 0 Å². The number of aryl methyl sites for hydroxylation is 1. The Morgan fingerprint density at radius 2 is 2.25 bits per heavy atom. The van der Waals surface area contributed by atoms with E-state index in [0.29, 0.717) is 43.6 Å². The number of sulfonamides is 1. The van der Waals surface area contributed by atoms with E-state index in [1.807, 2.05) is 6.07 Å². The first-order chi connectivity index (χ1) is 11.4. The summed E-state index contributed by atoms with van der Waals surface area (Å²) < 4.78 is 27.2. The van der Waals surface area contributed by atoms with Crippen LogP contribution >= 0.6 is 0 Å². The van der Waals surface area contributed by atoms with Crippen LogP contribution in [0.25, 0.3) is 0 Å². The number of nitrogens with one attached hydrogen (secondary N) is 1. The highest BCUT2D eigenvalue weighted by molar-refractivity contribution is 7.89. The SMILES string of the molecule is Cc1ccc(C#N)cc1S(=O)(=O)N1CCCC(C(=O)NCCN)C1. The normalized spacial score (nSPS) is 18.8. The van der Waals surface area contributed by atoms with Crippen LogP contribution < -0.4 is 11.1 Å². The standard InChI is InChI=1S/C16H22N4O3S/c1-12-4-5-13(10-18)9-15(12)24(22,23)20-8-2-3-14(11-20)16(21)19-7-6-17/h4-5,9,14H,2-3,6-8,11,17H2,1H3,(H,19,21). The molecule has 8 heteroatoms. The van der Waals surface area contributed by atoms with Gasteiger partial charge in [0.1, 0.15) is 0 Å². The molecule has 24 heavy (non-hydrogen) atoms. The van der Waals surface area contributed by atoms with Crippen molar-refractivity contribution in [1.29, 1.82) is 5.26 Å². The Labute approximate surface area is 142 Å². The van der Waals surface area contributed by atoms with Gasteiger partial charge in [-0.05, 0) is 37.5 Å². The molecule has 130 valence electrons. The van der Waals surface area contributed by atoms with Gasteiger partial charge >= 0.3 is 0 Å². The molecule has 0 aromatic heterocycles. The molecule has 1 atom stereocenters. The lowest BCUT2D eigenvalue weighted by atomic mass is 9.99. The number of hydrogen-bond donors (Lipinski definition) is 2. The van der Waals surface area contributed by atoms with Gasteiger partial charge in [-0.3, -0.25) is 4.79 Å². The van der Waals surface area contributed by atoms with Crippen LogP contribution in [0.2, 0.25) is 0 Å². The summed E-state index contributed by atoms with van der Waals surface area (Å²) in [6.07, 6.45) is 1.27. The van der Waals surface area contributed by atoms with Gasteiger partial charge in [-0.15, -0.1) is 0 Å². The van der Waals surface area contributed by atoms with Crippen LogP contribution in [-0.4, -0.2) is 44.8 Å². The number of carbonyl (C=O) groups excluding carboxylic acids is 1. The van der Waals surface area contributed by atoms with Crippen LogP contribution in [-0.2, 0) is 14.8 Å². The van der Waals surface area contributed by atoms with Crippen molar-refractivity contribution in [2.45, 2.75) is 24.7 Å². The predicted molar refractivity (Wildman–Crippen MR) is 89.4 cm³/mol. The van der Waals surface area contributed by atoms with Crippen molar-refractivity contribution in [2.24, 2.45) is 11.7 Å². The fourth-order valence-corrected chi connectivity index (χ4v) is 4.58. The highest BCUT2D eigenvalue weighted by Gasteiger charge is 2.34. The molecule has 3 N–H and O–H groups in total. The second kappa shape index (κ2) is 7.75. The fraction of sp³-hybridized carbons (Fsp3) is 0.500. The van der Waals surface area contributed by atoms with Gasteiger partial charge in [0.05, 0.1) is 22.4 Å². The van der Waals surface area contributed by atoms with Gasteiger partial charge in [-0.1, -0.05) is 6.07 Å². The number of rotatable bonds is 5. The van der Waals surface area contributed by atoms with Crippen LogP contribution in [0.5, 0.6) is 0 Å². The van der Waals surface area contributed by atoms with Gasteiger partial charge in [0, 0.05) is 26.2 Å². The molecule has 0 aliphatic carbocycles. The van der Waals surface area contributed by atoms with Crippen molar-refractivity contribution in [3.05, 3.63) is 29.3 Å². The van der Waals surface area contributed by atoms with Crippen molar-refractivity contribution >= 4 is 15.9 Å². The largest absolute Gasteiger partial charge is 0.355 e. The van der Waals surface area contributed by atoms with Crippen molar-refractivity contribution in [3.8, 4) is 6.07 Å². The van der Waals surface area contributed by atoms with Crippen LogP contribution in [0.4, 0.5) is 0 Å². The van der Waals surface area contributed by atoms with E-state index >= 15 is 0 Å². The summed E-state index contributed by atoms with van der Waals surface area (Å²) in [6, 6.07) is 6.57. The average molecular weight is 350 g/mol. The molecule has 0 radical (unpaired) electrons. The van der Waals surface area contributed by atoms with Gasteiger partial charge in [0.2, 0.25) is 15.9 Å². The summed E-state index contributed by atoms with van der Waals surface area (Å²) in [5.74, 6) is -0.539. The van der Waals surface area contributed by atoms with Crippen LogP contribution in [0.1, 0.15) is 24.0 Å². The molecule has 7 nitrogen and oxygen atoms in total. The molecular formula is C16H22N4O3S. The van der Waals surface area contributed by atoms with E-state index < -0.39 is 10.0 Å². The van der Waals surface area contributed by atoms with Crippen LogP contribution in [0.15, 0.2) is 23.1 Å². The molecule has 1 aromatic carbocycles. The third-order valence-corrected chi connectivity index (χ3v) is 6.14. The smallest absolute Gasteiger partial charge is 0.243 e. The topological polar surface area (TPSA) is 116 Å². The summed E-state index contributed by atoms with van der Waals surface area (Å²) in [4.78, 5) is 12.2. The zero-order chi connectivity index (χ0) is 17.7. The van der Waals surface area contributed by atoms with E-state index in [1.165, 1.54) is 10.4 Å². The second-order valence-corrected chi connectivity index (χ2v) is 7.78. The first-order valence-corrected chi connectivity index (χ1v) is 9.33. The van der Waals surface area contributed by atoms with Crippen molar-refractivity contribution in [3.63, 3.8) is 0 Å². The fourth-order valence-electron chi connectivity index (χ4n) is 2.80. The predicted octanol–water partition coefficient (Wildman–Crippen LogP) is 0.342. The highest BCUT2D eigenvalue weighted by atomic mass is 32.2. The van der Waals surface area contributed by atoms with Gasteiger partial charge in [0.15, 0.2) is 0 Å². The summed E-state index contributed by atoms with van der Waals surface area (Å²) in [6.45, 7) is 2.95. The maximum Gasteiger partial charge on any atom is 0.243 e. The Hall–Kier alpha value is -1.95. The molecule has 1 amide bonds. The Bertz CT molecular complexity index is 755. The number of nitrogens with two attached hydrogens (primary N) is 1. The van der Waals surface area contributed by atoms with Gasteiger partial charge < -0.3 is 11.1 Å². The zero-order valence-corrected chi connectivity index (χ0v) is 14.5. The number of piperidine rings is 1. The van der Waals surface area contributed by atoms with Crippen molar-refractivity contribution < 1.29 is 13.2 Å². The minimum absolute atomic E-state index is 0.129. The molecule has 1 unspecified atom stereocenters. The molecule has 1 aliphatic heterocycles. The van der Waals surface area contributed by atoms with E-state index in [4.69, 9.17) is 11.0 Å². The monoisotopic (exact) mass is 350 g/mol. The minimum atomic E-state index is -3.73. The lowest BCUT2D eigenvalue weighted by Crippen LogP contribution is -2.46. The Morgan fingerprint density at radius 1 is 1.50 bits per heavy atom. The van der Waals surface area contributed by atoms with E-state index in [1.54, 1.807) is 19.1 Å². The molecule has 1 heterocycles. The summed E-state index contributed by atoms with van der Waals surface area (Å²) >= 11 is 0. The molecule has 1 aliphatic rings. The van der Waals surface area contributed by atoms with E-state index in [2.05, 4.69) is 5.32 Å². The molecule has 1 fully saturated rings. The molecule has 0 bridgehead atoms. The number of amides is 1. The molecular weight excluding hydrogens is 328 g/mol. The quantitative estimate of drug-likeness (QED) is 0.794. The number of carbonyl (C=O) groups is 1. The third kappa shape index (κ3) is 3.93. The molecule has 1 aromatic rings. The third-order valence-electron chi connectivity index (χ3n) is 4.13. The highest BCUT2D eigenvalue weighted by Crippen LogP contribution is 2.26. The van der Waals surface area contributed by atoms with Crippen molar-refractivity contribution in [2.75, 3.05) is 26.2 Å². The minimum Gasteiger partial charge on any atom is -0.355 e. The molecule has 0 saturated carbocycles. The Balaban J connectivity index is 2.23. The zero-order valence-electron chi connectivity index (χ0n) is 13.7. The maximum absolute atomic E-state index is 12.9. The lowest BCUT2D eigenvalue weighted by Gasteiger charge is -2.31. The average Bonchev–Trinajstić information content (AvgIpc) is 2.60. The van der Waals surface area contributed by atoms with Gasteiger partial charge in [-0.2, -0.15) is 9.57 Å². The Morgan fingerprint density at radius 3 is 2.92 bits per heavy atom. The number of nitrogens with zero attached hydrogens (tertiary/aromatic N) is 2. The van der Waals surface area contributed by atoms with E-state index in [-0.39, 0.29) is 23.3 Å². The van der Waals surface area contributed by atoms with Crippen LogP contribution in [0, 0.1) is 24.2 Å². The first kappa shape index (κ1) is 18.4. The van der Waals surface area contributed by atoms with Crippen molar-refractivity contribution in [1.82, 2.24) is 9.62 Å². The number of benzene rings is 1. The second-order valence-electron chi connectivity index (χ2n) is 5.87. The van der Waals surface area contributed by atoms with Gasteiger partial charge in [-0.25, -0.2) is 8.42 Å². The van der Waals surface area contributed by atoms with Crippen LogP contribution in [0.3, 0.4) is 0 Å². The lowest BCUT2D eigenvalue weighted by molar-refractivity contribution is -0.126. The summed E-state index contributed by atoms with van der Waals surface area (Å²) in [5.41, 5.74) is 6.26. The maximum atomic E-state index is 12.9. The van der Waals surface area contributed by atoms with E-state index in [9.17, 15) is 13.2 Å². The van der Waals surface area contributed by atoms with E-state index in [0.717, 1.165) is 0 Å². The molecule has 2 rings (SSSR count). The number of hydrogen-bond acceptors (Lipinski definition) is 5. The number of nitriles is 1. The molecule has 1 saturated heterocycles. The summed E-state index contributed by atoms with van der Waals surface area (Å²) in [5, 5.41) is 11.7. The molecule has 0 spiro atoms.